The predicted octanol–water partition coefficient (Wildman–Crippen LogP) is 4.62. The molecule has 7 heteroatoms. The van der Waals surface area contributed by atoms with Gasteiger partial charge in [-0.1, -0.05) is 71.9 Å². The Labute approximate surface area is 197 Å². The van der Waals surface area contributed by atoms with Crippen molar-refractivity contribution in [1.29, 1.82) is 0 Å². The van der Waals surface area contributed by atoms with E-state index in [1.807, 2.05) is 78.9 Å². The van der Waals surface area contributed by atoms with Gasteiger partial charge in [0.15, 0.2) is 11.5 Å². The zero-order chi connectivity index (χ0) is 23.2. The molecule has 4 aromatic rings. The molecule has 1 N–H and O–H groups in total. The molecular weight excluding hydrogens is 430 g/mol. The summed E-state index contributed by atoms with van der Waals surface area (Å²) in [6.45, 7) is 1.05. The lowest BCUT2D eigenvalue weighted by Gasteiger charge is -2.18. The molecule has 34 heavy (non-hydrogen) atoms. The van der Waals surface area contributed by atoms with E-state index in [1.54, 1.807) is 6.08 Å². The molecule has 1 aliphatic rings. The van der Waals surface area contributed by atoms with Crippen LogP contribution in [-0.4, -0.2) is 29.3 Å². The van der Waals surface area contributed by atoms with Gasteiger partial charge < -0.3 is 19.3 Å². The fourth-order valence-corrected chi connectivity index (χ4v) is 3.69. The maximum atomic E-state index is 12.8. The first kappa shape index (κ1) is 21.5. The van der Waals surface area contributed by atoms with Gasteiger partial charge in [-0.2, -0.15) is 4.98 Å². The number of aromatic nitrogens is 2. The Morgan fingerprint density at radius 1 is 0.941 bits per heavy atom. The summed E-state index contributed by atoms with van der Waals surface area (Å²) in [4.78, 5) is 17.4. The quantitative estimate of drug-likeness (QED) is 0.411. The van der Waals surface area contributed by atoms with Crippen LogP contribution in [0.5, 0.6) is 11.5 Å². The Bertz CT molecular complexity index is 1290. The summed E-state index contributed by atoms with van der Waals surface area (Å²) < 4.78 is 16.7. The number of fused-ring (bicyclic) bond motifs is 1. The number of benzene rings is 3. The highest BCUT2D eigenvalue weighted by molar-refractivity contribution is 5.92. The van der Waals surface area contributed by atoms with Gasteiger partial charge in [0.05, 0.1) is 0 Å². The average Bonchev–Trinajstić information content (AvgIpc) is 3.39. The maximum Gasteiger partial charge on any atom is 0.249 e. The third kappa shape index (κ3) is 5.15. The van der Waals surface area contributed by atoms with Crippen molar-refractivity contribution in [2.75, 3.05) is 13.2 Å². The Morgan fingerprint density at radius 3 is 2.47 bits per heavy atom. The number of nitrogens with zero attached hydrogens (tertiary/aromatic N) is 2. The number of hydrogen-bond acceptors (Lipinski definition) is 6. The van der Waals surface area contributed by atoms with E-state index >= 15 is 0 Å². The Morgan fingerprint density at radius 2 is 1.68 bits per heavy atom. The fourth-order valence-electron chi connectivity index (χ4n) is 3.69. The normalized spacial score (nSPS) is 13.5. The maximum absolute atomic E-state index is 12.8. The zero-order valence-electron chi connectivity index (χ0n) is 18.4. The van der Waals surface area contributed by atoms with Gasteiger partial charge in [-0.25, -0.2) is 0 Å². The van der Waals surface area contributed by atoms with Crippen LogP contribution in [0.2, 0.25) is 0 Å². The smallest absolute Gasteiger partial charge is 0.249 e. The van der Waals surface area contributed by atoms with E-state index in [9.17, 15) is 4.79 Å². The molecule has 0 radical (unpaired) electrons. The van der Waals surface area contributed by atoms with Crippen LogP contribution in [0, 0.1) is 0 Å². The van der Waals surface area contributed by atoms with Gasteiger partial charge in [-0.15, -0.1) is 0 Å². The number of nitrogens with one attached hydrogen (secondary N) is 1. The summed E-state index contributed by atoms with van der Waals surface area (Å²) in [6.07, 6.45) is 3.73. The summed E-state index contributed by atoms with van der Waals surface area (Å²) in [7, 11) is 0. The van der Waals surface area contributed by atoms with Gasteiger partial charge in [0, 0.05) is 18.1 Å². The molecule has 5 rings (SSSR count). The van der Waals surface area contributed by atoms with E-state index in [4.69, 9.17) is 14.0 Å². The zero-order valence-corrected chi connectivity index (χ0v) is 18.4. The number of carbonyl (C=O) groups excluding carboxylic acids is 1. The Hall–Kier alpha value is -4.39. The second-order valence-corrected chi connectivity index (χ2v) is 7.81. The fraction of sp³-hybridized carbons (Fsp3) is 0.148. The number of amides is 1. The minimum atomic E-state index is -0.482. The van der Waals surface area contributed by atoms with Gasteiger partial charge >= 0.3 is 0 Å². The molecule has 0 saturated heterocycles. The van der Waals surface area contributed by atoms with E-state index in [1.165, 1.54) is 6.08 Å². The van der Waals surface area contributed by atoms with Crippen molar-refractivity contribution in [3.8, 4) is 22.9 Å². The van der Waals surface area contributed by atoms with Crippen molar-refractivity contribution in [2.45, 2.75) is 12.5 Å². The molecule has 1 aliphatic heterocycles. The third-order valence-corrected chi connectivity index (χ3v) is 5.36. The number of hydrogen-bond donors (Lipinski definition) is 1. The topological polar surface area (TPSA) is 86.5 Å². The SMILES string of the molecule is O=C(/C=C/c1ccc2c(c1)OCCO2)N[C@H](Cc1ccccc1)c1nc(-c2ccccc2)no1. The molecule has 170 valence electrons. The van der Waals surface area contributed by atoms with E-state index in [2.05, 4.69) is 15.5 Å². The van der Waals surface area contributed by atoms with E-state index in [-0.39, 0.29) is 5.91 Å². The second kappa shape index (κ2) is 10.0. The first-order chi connectivity index (χ1) is 16.7. The Balaban J connectivity index is 1.34. The number of ether oxygens (including phenoxy) is 2. The second-order valence-electron chi connectivity index (χ2n) is 7.81. The molecule has 1 amide bonds. The third-order valence-electron chi connectivity index (χ3n) is 5.36. The minimum Gasteiger partial charge on any atom is -0.486 e. The van der Waals surface area contributed by atoms with Gasteiger partial charge in [0.2, 0.25) is 17.6 Å². The molecule has 0 saturated carbocycles. The molecule has 0 unspecified atom stereocenters. The number of rotatable bonds is 7. The van der Waals surface area contributed by atoms with Gasteiger partial charge in [0.25, 0.3) is 0 Å². The van der Waals surface area contributed by atoms with Crippen molar-refractivity contribution in [2.24, 2.45) is 0 Å². The van der Waals surface area contributed by atoms with Crippen LogP contribution in [0.3, 0.4) is 0 Å². The van der Waals surface area contributed by atoms with Crippen LogP contribution in [0.4, 0.5) is 0 Å². The molecule has 0 aliphatic carbocycles. The van der Waals surface area contributed by atoms with Crippen molar-refractivity contribution in [1.82, 2.24) is 15.5 Å². The summed E-state index contributed by atoms with van der Waals surface area (Å²) in [5.74, 6) is 1.95. The van der Waals surface area contributed by atoms with Gasteiger partial charge in [0.1, 0.15) is 19.3 Å². The van der Waals surface area contributed by atoms with E-state index < -0.39 is 6.04 Å². The largest absolute Gasteiger partial charge is 0.486 e. The summed E-state index contributed by atoms with van der Waals surface area (Å²) in [5, 5.41) is 7.11. The number of carbonyl (C=O) groups is 1. The lowest BCUT2D eigenvalue weighted by molar-refractivity contribution is -0.117. The molecule has 0 fully saturated rings. The first-order valence-electron chi connectivity index (χ1n) is 11.1. The van der Waals surface area contributed by atoms with Crippen molar-refractivity contribution in [3.63, 3.8) is 0 Å². The van der Waals surface area contributed by atoms with Crippen LogP contribution < -0.4 is 14.8 Å². The van der Waals surface area contributed by atoms with Crippen molar-refractivity contribution < 1.29 is 18.8 Å². The highest BCUT2D eigenvalue weighted by atomic mass is 16.6. The molecule has 7 nitrogen and oxygen atoms in total. The van der Waals surface area contributed by atoms with E-state index in [0.717, 1.165) is 16.7 Å². The molecule has 0 bridgehead atoms. The van der Waals surface area contributed by atoms with Gasteiger partial charge in [-0.3, -0.25) is 4.79 Å². The molecule has 1 aromatic heterocycles. The minimum absolute atomic E-state index is 0.268. The van der Waals surface area contributed by atoms with Crippen LogP contribution >= 0.6 is 0 Å². The van der Waals surface area contributed by atoms with Crippen molar-refractivity contribution in [3.05, 3.63) is 102 Å². The monoisotopic (exact) mass is 453 g/mol. The van der Waals surface area contributed by atoms with Crippen molar-refractivity contribution >= 4 is 12.0 Å². The molecule has 3 aromatic carbocycles. The predicted molar refractivity (Wildman–Crippen MR) is 127 cm³/mol. The van der Waals surface area contributed by atoms with Crippen LogP contribution in [0.1, 0.15) is 23.1 Å². The standard InChI is InChI=1S/C27H23N3O4/c31-25(14-12-20-11-13-23-24(18-20)33-16-15-32-23)28-22(17-19-7-3-1-4-8-19)27-29-26(30-34-27)21-9-5-2-6-10-21/h1-14,18,22H,15-17H2,(H,28,31)/b14-12+/t22-/m1/s1. The van der Waals surface area contributed by atoms with Crippen LogP contribution in [0.25, 0.3) is 17.5 Å². The lowest BCUT2D eigenvalue weighted by atomic mass is 10.1. The van der Waals surface area contributed by atoms with Crippen LogP contribution in [0.15, 0.2) is 89.5 Å². The van der Waals surface area contributed by atoms with E-state index in [0.29, 0.717) is 42.8 Å². The summed E-state index contributed by atoms with van der Waals surface area (Å²) in [5.41, 5.74) is 2.73. The summed E-state index contributed by atoms with van der Waals surface area (Å²) >= 11 is 0. The van der Waals surface area contributed by atoms with Gasteiger partial charge in [-0.05, 0) is 29.3 Å². The van der Waals surface area contributed by atoms with Crippen LogP contribution in [-0.2, 0) is 11.2 Å². The molecule has 1 atom stereocenters. The molecular formula is C27H23N3O4. The Kier molecular flexibility index (Phi) is 6.34. The average molecular weight is 453 g/mol. The molecule has 0 spiro atoms. The lowest BCUT2D eigenvalue weighted by Crippen LogP contribution is -2.28. The first-order valence-corrected chi connectivity index (χ1v) is 11.1. The molecule has 2 heterocycles. The highest BCUT2D eigenvalue weighted by Crippen LogP contribution is 2.31. The highest BCUT2D eigenvalue weighted by Gasteiger charge is 2.22. The summed E-state index contributed by atoms with van der Waals surface area (Å²) in [6, 6.07) is 24.5.